The Kier molecular flexibility index (Phi) is 13.0. The molecule has 13 heteroatoms. The lowest BCUT2D eigenvalue weighted by Gasteiger charge is -2.54. The molecule has 2 saturated heterocycles. The highest BCUT2D eigenvalue weighted by Crippen LogP contribution is 2.53. The fourth-order valence-electron chi connectivity index (χ4n) is 6.85. The van der Waals surface area contributed by atoms with Gasteiger partial charge >= 0.3 is 0 Å². The molecule has 0 spiro atoms. The number of rotatable bonds is 13. The quantitative estimate of drug-likeness (QED) is 0.171. The lowest BCUT2D eigenvalue weighted by atomic mass is 9.71. The lowest BCUT2D eigenvalue weighted by Crippen LogP contribution is -2.66. The van der Waals surface area contributed by atoms with E-state index in [1.165, 1.54) is 44.8 Å². The van der Waals surface area contributed by atoms with E-state index in [4.69, 9.17) is 18.9 Å². The first-order chi connectivity index (χ1) is 23.2. The summed E-state index contributed by atoms with van der Waals surface area (Å²) in [5, 5.41) is 6.66. The third-order valence-corrected chi connectivity index (χ3v) is 11.0. The van der Waals surface area contributed by atoms with Crippen molar-refractivity contribution in [3.63, 3.8) is 0 Å². The molecular formula is C36H50F2N3O6PS. The summed E-state index contributed by atoms with van der Waals surface area (Å²) in [5.41, 5.74) is -3.89. The van der Waals surface area contributed by atoms with Crippen LogP contribution in [0.1, 0.15) is 91.4 Å². The fourth-order valence-corrected chi connectivity index (χ4v) is 8.18. The number of aromatic nitrogens is 1. The van der Waals surface area contributed by atoms with Crippen LogP contribution in [0.3, 0.4) is 0 Å². The average Bonchev–Trinajstić information content (AvgIpc) is 3.44. The van der Waals surface area contributed by atoms with Gasteiger partial charge < -0.3 is 29.6 Å². The second kappa shape index (κ2) is 16.4. The maximum Gasteiger partial charge on any atom is 0.287 e. The van der Waals surface area contributed by atoms with Crippen molar-refractivity contribution in [2.45, 2.75) is 89.4 Å². The number of ether oxygens (including phenoxy) is 4. The van der Waals surface area contributed by atoms with Crippen molar-refractivity contribution in [3.8, 4) is 11.5 Å². The number of benzene rings is 2. The molecule has 270 valence electrons. The van der Waals surface area contributed by atoms with Gasteiger partial charge in [-0.25, -0.2) is 4.98 Å². The number of carbonyl (C=O) groups is 2. The number of halogens is 2. The molecule has 9 nitrogen and oxygen atoms in total. The summed E-state index contributed by atoms with van der Waals surface area (Å²) in [6, 6.07) is 8.21. The molecule has 2 bridgehead atoms. The predicted molar refractivity (Wildman–Crippen MR) is 194 cm³/mol. The normalized spacial score (nSPS) is 21.3. The van der Waals surface area contributed by atoms with Gasteiger partial charge in [0, 0.05) is 19.8 Å². The molecule has 1 saturated carbocycles. The van der Waals surface area contributed by atoms with E-state index in [1.54, 1.807) is 46.7 Å². The molecule has 2 aromatic carbocycles. The molecule has 3 atom stereocenters. The van der Waals surface area contributed by atoms with Gasteiger partial charge in [0.1, 0.15) is 22.7 Å². The van der Waals surface area contributed by atoms with Crippen LogP contribution in [0.25, 0.3) is 10.2 Å². The summed E-state index contributed by atoms with van der Waals surface area (Å²) in [6.45, 7) is 9.59. The first-order valence-electron chi connectivity index (χ1n) is 16.8. The Bertz CT molecular complexity index is 1580. The Labute approximate surface area is 294 Å². The minimum absolute atomic E-state index is 0.00942. The minimum atomic E-state index is -3.04. The molecule has 3 heterocycles. The number of fused-ring (bicyclic) bond motifs is 4. The van der Waals surface area contributed by atoms with Crippen LogP contribution in [0.2, 0.25) is 0 Å². The van der Waals surface area contributed by atoms with E-state index in [0.717, 1.165) is 23.5 Å². The van der Waals surface area contributed by atoms with Crippen LogP contribution >= 0.6 is 20.6 Å². The van der Waals surface area contributed by atoms with Crippen LogP contribution in [-0.4, -0.2) is 68.1 Å². The monoisotopic (exact) mass is 721 g/mol. The largest absolute Gasteiger partial charge is 0.497 e. The van der Waals surface area contributed by atoms with Gasteiger partial charge in [0.2, 0.25) is 0 Å². The van der Waals surface area contributed by atoms with Gasteiger partial charge in [0.05, 0.1) is 52.8 Å². The zero-order valence-corrected chi connectivity index (χ0v) is 31.5. The van der Waals surface area contributed by atoms with Crippen molar-refractivity contribution in [1.29, 1.82) is 0 Å². The molecular weight excluding hydrogens is 671 g/mol. The van der Waals surface area contributed by atoms with Crippen molar-refractivity contribution in [1.82, 2.24) is 10.3 Å². The first-order valence-corrected chi connectivity index (χ1v) is 18.1. The molecule has 0 radical (unpaired) electrons. The molecule has 3 unspecified atom stereocenters. The molecule has 3 fully saturated rings. The summed E-state index contributed by atoms with van der Waals surface area (Å²) in [7, 11) is 6.33. The molecule has 3 aliphatic rings. The summed E-state index contributed by atoms with van der Waals surface area (Å²) in [5.74, 6) is 1.49. The molecule has 1 aliphatic carbocycles. The third kappa shape index (κ3) is 9.06. The van der Waals surface area contributed by atoms with Gasteiger partial charge in [0.25, 0.3) is 17.5 Å². The average molecular weight is 722 g/mol. The van der Waals surface area contributed by atoms with Gasteiger partial charge in [-0.2, -0.15) is 8.78 Å². The predicted octanol–water partition coefficient (Wildman–Crippen LogP) is 8.25. The van der Waals surface area contributed by atoms with E-state index in [9.17, 15) is 18.4 Å². The van der Waals surface area contributed by atoms with Crippen molar-refractivity contribution < 1.29 is 37.3 Å². The molecule has 6 rings (SSSR count). The van der Waals surface area contributed by atoms with Crippen LogP contribution in [-0.2, 0) is 9.47 Å². The number of thiazole rings is 1. The van der Waals surface area contributed by atoms with E-state index < -0.39 is 28.6 Å². The van der Waals surface area contributed by atoms with Crippen LogP contribution < -0.4 is 20.1 Å². The van der Waals surface area contributed by atoms with Crippen molar-refractivity contribution >= 4 is 48.3 Å². The number of nitrogens with one attached hydrogen (secondary N) is 2. The molecule has 3 aromatic rings. The van der Waals surface area contributed by atoms with Crippen LogP contribution in [0.4, 0.5) is 14.5 Å². The molecule has 2 amide bonds. The lowest BCUT2D eigenvalue weighted by molar-refractivity contribution is -0.231. The highest BCUT2D eigenvalue weighted by Gasteiger charge is 2.60. The van der Waals surface area contributed by atoms with Crippen LogP contribution in [0, 0.1) is 18.8 Å². The van der Waals surface area contributed by atoms with Crippen molar-refractivity contribution in [2.24, 2.45) is 11.8 Å². The Morgan fingerprint density at radius 3 is 2.35 bits per heavy atom. The Morgan fingerprint density at radius 1 is 1.06 bits per heavy atom. The number of methoxy groups -OCH3 is 3. The fraction of sp³-hybridized carbons (Fsp3) is 0.583. The van der Waals surface area contributed by atoms with Gasteiger partial charge in [-0.3, -0.25) is 9.59 Å². The van der Waals surface area contributed by atoms with Gasteiger partial charge in [-0.15, -0.1) is 11.3 Å². The Morgan fingerprint density at radius 2 is 1.78 bits per heavy atom. The zero-order valence-electron chi connectivity index (χ0n) is 29.5. The number of hydrogen-bond acceptors (Lipinski definition) is 8. The van der Waals surface area contributed by atoms with Crippen LogP contribution in [0.5, 0.6) is 11.5 Å². The van der Waals surface area contributed by atoms with Gasteiger partial charge in [-0.1, -0.05) is 42.9 Å². The molecule has 1 aromatic heterocycles. The van der Waals surface area contributed by atoms with Crippen molar-refractivity contribution in [3.05, 3.63) is 46.5 Å². The maximum atomic E-state index is 14.2. The number of alkyl halides is 2. The number of aryl methyl sites for hydroxylation is 1. The number of hydrogen-bond donors (Lipinski definition) is 2. The summed E-state index contributed by atoms with van der Waals surface area (Å²) >= 11 is 1.37. The number of nitrogens with zero attached hydrogens (tertiary/aromatic N) is 1. The van der Waals surface area contributed by atoms with E-state index in [-0.39, 0.29) is 30.7 Å². The van der Waals surface area contributed by atoms with E-state index in [2.05, 4.69) is 36.4 Å². The smallest absolute Gasteiger partial charge is 0.287 e. The second-order valence-corrected chi connectivity index (χ2v) is 15.3. The molecule has 49 heavy (non-hydrogen) atoms. The standard InChI is InChI=1S/C26H28F2N3O5PS.C10H22O/c1-14-29-17-6-7-19(35-3)20(21(17)38-14)23(33)30-18-12-15(34-2)4-5-16(18)22(32)31-24-8-10-25(11-9-24,36-13-24)26(27,28)37;1-5-6-9(2)7-10(3)8-11-4/h4-7,12H,8-11,13,37H2,1-3H3,(H,30,33)(H,31,32);9-10H,5-8H2,1-4H3. The highest BCUT2D eigenvalue weighted by molar-refractivity contribution is 7.19. The summed E-state index contributed by atoms with van der Waals surface area (Å²) < 4.78 is 50.5. The van der Waals surface area contributed by atoms with Crippen LogP contribution in [0.15, 0.2) is 30.3 Å². The van der Waals surface area contributed by atoms with E-state index >= 15 is 0 Å². The number of amides is 2. The molecule has 2 N–H and O–H groups in total. The van der Waals surface area contributed by atoms with E-state index in [0.29, 0.717) is 40.1 Å². The van der Waals surface area contributed by atoms with Gasteiger partial charge in [-0.05, 0) is 75.1 Å². The second-order valence-electron chi connectivity index (χ2n) is 13.4. The third-order valence-electron chi connectivity index (χ3n) is 9.46. The highest BCUT2D eigenvalue weighted by atomic mass is 32.1. The van der Waals surface area contributed by atoms with Crippen molar-refractivity contribution in [2.75, 3.05) is 39.9 Å². The summed E-state index contributed by atoms with van der Waals surface area (Å²) in [6.07, 6.45) is 4.97. The summed E-state index contributed by atoms with van der Waals surface area (Å²) in [4.78, 5) is 31.5. The Balaban J connectivity index is 0.000000424. The zero-order chi connectivity index (χ0) is 36.0. The topological polar surface area (TPSA) is 108 Å². The Hall–Kier alpha value is -2.92. The van der Waals surface area contributed by atoms with E-state index in [1.807, 2.05) is 6.92 Å². The minimum Gasteiger partial charge on any atom is -0.497 e. The maximum absolute atomic E-state index is 14.2. The number of anilines is 1. The van der Waals surface area contributed by atoms with Gasteiger partial charge in [0.15, 0.2) is 0 Å². The molecule has 2 aliphatic heterocycles. The first kappa shape index (κ1) is 38.9. The number of carbonyl (C=O) groups excluding carboxylic acids is 2. The SMILES string of the molecule is CCCC(C)CC(C)COC.COc1ccc(C(=O)NC23CCC(C(F)(F)P)(CC2)OC3)c(NC(=O)c2c(OC)ccc3nc(C)sc23)c1.